The summed E-state index contributed by atoms with van der Waals surface area (Å²) in [7, 11) is 2.44. The van der Waals surface area contributed by atoms with Gasteiger partial charge in [0.25, 0.3) is 5.91 Å². The SMILES string of the molecule is COC(=O)CN(CC(=O)OC)C(=O)c1cc(C)cc(C)c1. The van der Waals surface area contributed by atoms with Crippen LogP contribution in [-0.2, 0) is 19.1 Å². The summed E-state index contributed by atoms with van der Waals surface area (Å²) in [6, 6.07) is 5.34. The smallest absolute Gasteiger partial charge is 0.325 e. The molecule has 1 aromatic carbocycles. The van der Waals surface area contributed by atoms with Gasteiger partial charge in [-0.05, 0) is 26.0 Å². The van der Waals surface area contributed by atoms with Crippen LogP contribution in [0.5, 0.6) is 0 Å². The van der Waals surface area contributed by atoms with E-state index in [1.165, 1.54) is 14.2 Å². The molecule has 114 valence electrons. The lowest BCUT2D eigenvalue weighted by atomic mass is 10.1. The van der Waals surface area contributed by atoms with Crippen LogP contribution in [-0.4, -0.2) is 50.1 Å². The van der Waals surface area contributed by atoms with Crippen molar-refractivity contribution in [2.75, 3.05) is 27.3 Å². The number of nitrogens with zero attached hydrogens (tertiary/aromatic N) is 1. The van der Waals surface area contributed by atoms with Gasteiger partial charge in [-0.15, -0.1) is 0 Å². The van der Waals surface area contributed by atoms with Crippen LogP contribution in [0.1, 0.15) is 21.5 Å². The zero-order chi connectivity index (χ0) is 16.0. The molecule has 1 rings (SSSR count). The maximum atomic E-state index is 12.5. The average Bonchev–Trinajstić information content (AvgIpc) is 2.44. The number of hydrogen-bond acceptors (Lipinski definition) is 5. The van der Waals surface area contributed by atoms with E-state index in [9.17, 15) is 14.4 Å². The maximum Gasteiger partial charge on any atom is 0.325 e. The molecule has 6 heteroatoms. The van der Waals surface area contributed by atoms with Gasteiger partial charge in [0.05, 0.1) is 14.2 Å². The molecule has 0 saturated carbocycles. The molecule has 0 unspecified atom stereocenters. The summed E-state index contributed by atoms with van der Waals surface area (Å²) in [5.74, 6) is -1.62. The van der Waals surface area contributed by atoms with Crippen molar-refractivity contribution in [1.82, 2.24) is 4.90 Å². The predicted molar refractivity (Wildman–Crippen MR) is 75.9 cm³/mol. The Bertz CT molecular complexity index is 515. The maximum absolute atomic E-state index is 12.5. The molecule has 0 fully saturated rings. The van der Waals surface area contributed by atoms with Gasteiger partial charge in [0.1, 0.15) is 13.1 Å². The lowest BCUT2D eigenvalue weighted by Gasteiger charge is -2.20. The number of aryl methyl sites for hydroxylation is 2. The van der Waals surface area contributed by atoms with Crippen molar-refractivity contribution in [3.63, 3.8) is 0 Å². The monoisotopic (exact) mass is 293 g/mol. The fraction of sp³-hybridized carbons (Fsp3) is 0.400. The Morgan fingerprint density at radius 3 is 1.71 bits per heavy atom. The zero-order valence-electron chi connectivity index (χ0n) is 12.6. The minimum Gasteiger partial charge on any atom is -0.468 e. The number of esters is 2. The zero-order valence-corrected chi connectivity index (χ0v) is 12.6. The molecule has 0 aromatic heterocycles. The molecule has 0 spiro atoms. The summed E-state index contributed by atoms with van der Waals surface area (Å²) >= 11 is 0. The molecule has 0 aliphatic heterocycles. The van der Waals surface area contributed by atoms with E-state index in [4.69, 9.17) is 0 Å². The van der Waals surface area contributed by atoms with Gasteiger partial charge < -0.3 is 14.4 Å². The third-order valence-corrected chi connectivity index (χ3v) is 2.85. The van der Waals surface area contributed by atoms with E-state index < -0.39 is 17.8 Å². The van der Waals surface area contributed by atoms with Crippen LogP contribution in [0.15, 0.2) is 18.2 Å². The Labute approximate surface area is 123 Å². The Kier molecular flexibility index (Phi) is 5.90. The number of ether oxygens (including phenoxy) is 2. The Morgan fingerprint density at radius 1 is 0.905 bits per heavy atom. The highest BCUT2D eigenvalue weighted by molar-refractivity contribution is 5.98. The third kappa shape index (κ3) is 4.91. The topological polar surface area (TPSA) is 72.9 Å². The molecule has 0 aliphatic carbocycles. The number of benzene rings is 1. The summed E-state index contributed by atoms with van der Waals surface area (Å²) in [5.41, 5.74) is 2.27. The van der Waals surface area contributed by atoms with Crippen LogP contribution in [0.3, 0.4) is 0 Å². The molecule has 0 N–H and O–H groups in total. The molecule has 0 atom stereocenters. The highest BCUT2D eigenvalue weighted by atomic mass is 16.5. The fourth-order valence-corrected chi connectivity index (χ4v) is 1.92. The standard InChI is InChI=1S/C15H19NO5/c1-10-5-11(2)7-12(6-10)15(19)16(8-13(17)20-3)9-14(18)21-4/h5-7H,8-9H2,1-4H3. The van der Waals surface area contributed by atoms with E-state index in [1.54, 1.807) is 12.1 Å². The Hall–Kier alpha value is -2.37. The molecule has 0 heterocycles. The summed E-state index contributed by atoms with van der Waals surface area (Å²) in [6.07, 6.45) is 0. The Balaban J connectivity index is 3.02. The summed E-state index contributed by atoms with van der Waals surface area (Å²) in [6.45, 7) is 3.12. The number of methoxy groups -OCH3 is 2. The minimum absolute atomic E-state index is 0.308. The first-order valence-corrected chi connectivity index (χ1v) is 6.38. The number of carbonyl (C=O) groups excluding carboxylic acids is 3. The van der Waals surface area contributed by atoms with Crippen LogP contribution in [0.2, 0.25) is 0 Å². The fourth-order valence-electron chi connectivity index (χ4n) is 1.92. The predicted octanol–water partition coefficient (Wildman–Crippen LogP) is 1.09. The van der Waals surface area contributed by atoms with Gasteiger partial charge in [-0.1, -0.05) is 17.2 Å². The molecule has 6 nitrogen and oxygen atoms in total. The van der Waals surface area contributed by atoms with Gasteiger partial charge >= 0.3 is 11.9 Å². The molecule has 21 heavy (non-hydrogen) atoms. The van der Waals surface area contributed by atoms with E-state index in [0.717, 1.165) is 16.0 Å². The summed E-state index contributed by atoms with van der Waals surface area (Å²) in [5, 5.41) is 0. The number of rotatable bonds is 5. The van der Waals surface area contributed by atoms with Gasteiger partial charge in [-0.25, -0.2) is 0 Å². The second-order valence-corrected chi connectivity index (χ2v) is 4.69. The van der Waals surface area contributed by atoms with Crippen molar-refractivity contribution >= 4 is 17.8 Å². The minimum atomic E-state index is -0.600. The van der Waals surface area contributed by atoms with E-state index in [0.29, 0.717) is 5.56 Å². The molecule has 0 radical (unpaired) electrons. The third-order valence-electron chi connectivity index (χ3n) is 2.85. The highest BCUT2D eigenvalue weighted by Gasteiger charge is 2.22. The van der Waals surface area contributed by atoms with Gasteiger partial charge in [0.15, 0.2) is 0 Å². The second kappa shape index (κ2) is 7.42. The van der Waals surface area contributed by atoms with Crippen molar-refractivity contribution in [3.05, 3.63) is 34.9 Å². The van der Waals surface area contributed by atoms with Crippen molar-refractivity contribution in [2.24, 2.45) is 0 Å². The van der Waals surface area contributed by atoms with Gasteiger partial charge in [-0.2, -0.15) is 0 Å². The first kappa shape index (κ1) is 16.7. The van der Waals surface area contributed by atoms with Crippen molar-refractivity contribution in [3.8, 4) is 0 Å². The molecule has 1 amide bonds. The van der Waals surface area contributed by atoms with Crippen LogP contribution in [0.4, 0.5) is 0 Å². The molecule has 0 saturated heterocycles. The summed E-state index contributed by atoms with van der Waals surface area (Å²) < 4.78 is 9.09. The first-order chi connectivity index (χ1) is 9.87. The van der Waals surface area contributed by atoms with Crippen molar-refractivity contribution < 1.29 is 23.9 Å². The van der Waals surface area contributed by atoms with Gasteiger partial charge in [0.2, 0.25) is 0 Å². The summed E-state index contributed by atoms with van der Waals surface area (Å²) in [4.78, 5) is 36.4. The number of amides is 1. The van der Waals surface area contributed by atoms with E-state index >= 15 is 0 Å². The van der Waals surface area contributed by atoms with Crippen LogP contribution >= 0.6 is 0 Å². The largest absolute Gasteiger partial charge is 0.468 e. The van der Waals surface area contributed by atoms with Crippen LogP contribution in [0, 0.1) is 13.8 Å². The van der Waals surface area contributed by atoms with E-state index in [2.05, 4.69) is 9.47 Å². The van der Waals surface area contributed by atoms with Crippen LogP contribution in [0.25, 0.3) is 0 Å². The Morgan fingerprint density at radius 2 is 1.33 bits per heavy atom. The van der Waals surface area contributed by atoms with E-state index in [1.807, 2.05) is 19.9 Å². The highest BCUT2D eigenvalue weighted by Crippen LogP contribution is 2.12. The quantitative estimate of drug-likeness (QED) is 0.760. The molecular weight excluding hydrogens is 274 g/mol. The lowest BCUT2D eigenvalue weighted by molar-refractivity contribution is -0.144. The van der Waals surface area contributed by atoms with E-state index in [-0.39, 0.29) is 13.1 Å². The molecule has 1 aromatic rings. The van der Waals surface area contributed by atoms with Crippen molar-refractivity contribution in [1.29, 1.82) is 0 Å². The first-order valence-electron chi connectivity index (χ1n) is 6.38. The number of carbonyl (C=O) groups is 3. The van der Waals surface area contributed by atoms with Gasteiger partial charge in [0, 0.05) is 5.56 Å². The number of hydrogen-bond donors (Lipinski definition) is 0. The van der Waals surface area contributed by atoms with Crippen molar-refractivity contribution in [2.45, 2.75) is 13.8 Å². The molecule has 0 bridgehead atoms. The normalized spacial score (nSPS) is 9.90. The molecule has 0 aliphatic rings. The second-order valence-electron chi connectivity index (χ2n) is 4.69. The molecular formula is C15H19NO5. The average molecular weight is 293 g/mol. The lowest BCUT2D eigenvalue weighted by Crippen LogP contribution is -2.40. The van der Waals surface area contributed by atoms with Gasteiger partial charge in [-0.3, -0.25) is 14.4 Å². The van der Waals surface area contributed by atoms with Crippen LogP contribution < -0.4 is 0 Å².